The van der Waals surface area contributed by atoms with Crippen molar-refractivity contribution in [2.24, 2.45) is 5.92 Å². The molecule has 0 spiro atoms. The third-order valence-corrected chi connectivity index (χ3v) is 7.05. The van der Waals surface area contributed by atoms with Gasteiger partial charge in [-0.2, -0.15) is 0 Å². The van der Waals surface area contributed by atoms with Gasteiger partial charge in [0.05, 0.1) is 32.3 Å². The second kappa shape index (κ2) is 8.29. The van der Waals surface area contributed by atoms with Crippen LogP contribution in [0, 0.1) is 5.92 Å². The minimum absolute atomic E-state index is 0.0650. The van der Waals surface area contributed by atoms with Crippen LogP contribution < -0.4 is 24.7 Å². The standard InChI is InChI=1S/C24H27N3O8/c1-12-18(21-26-27-22(25)34-21)20(29)23(30)19-16(32-3)10-15(33-9-8-28)11-17(19)35-24(12,23)13-4-6-14(31-2)7-5-13/h4-7,10-12,18,20,28-30H,8-9H2,1-3H3,(H2,25,27)/t12-,18-,20-,23+,24-/m1/s1. The number of aliphatic hydroxyl groups is 3. The summed E-state index contributed by atoms with van der Waals surface area (Å²) in [6.07, 6.45) is -1.43. The molecule has 5 rings (SSSR count). The van der Waals surface area contributed by atoms with Crippen molar-refractivity contribution < 1.29 is 38.7 Å². The van der Waals surface area contributed by atoms with Crippen molar-refractivity contribution in [2.75, 3.05) is 33.2 Å². The van der Waals surface area contributed by atoms with Crippen molar-refractivity contribution in [3.05, 3.63) is 53.4 Å². The monoisotopic (exact) mass is 485 g/mol. The molecule has 1 fully saturated rings. The first-order valence-electron chi connectivity index (χ1n) is 11.1. The van der Waals surface area contributed by atoms with Gasteiger partial charge in [0.1, 0.15) is 35.7 Å². The maximum absolute atomic E-state index is 12.5. The van der Waals surface area contributed by atoms with E-state index in [4.69, 9.17) is 34.2 Å². The molecule has 0 saturated heterocycles. The molecule has 11 heteroatoms. The van der Waals surface area contributed by atoms with Crippen molar-refractivity contribution in [1.29, 1.82) is 0 Å². The first-order chi connectivity index (χ1) is 16.8. The molecule has 0 amide bonds. The van der Waals surface area contributed by atoms with Gasteiger partial charge in [0.15, 0.2) is 11.2 Å². The lowest BCUT2D eigenvalue weighted by molar-refractivity contribution is -0.155. The van der Waals surface area contributed by atoms with Gasteiger partial charge < -0.3 is 44.4 Å². The predicted molar refractivity (Wildman–Crippen MR) is 121 cm³/mol. The number of rotatable bonds is 7. The summed E-state index contributed by atoms with van der Waals surface area (Å²) < 4.78 is 28.6. The Kier molecular flexibility index (Phi) is 5.50. The summed E-state index contributed by atoms with van der Waals surface area (Å²) in [5, 5.41) is 41.1. The summed E-state index contributed by atoms with van der Waals surface area (Å²) in [5.41, 5.74) is 3.06. The van der Waals surface area contributed by atoms with Crippen LogP contribution in [-0.4, -0.2) is 59.1 Å². The molecular weight excluding hydrogens is 458 g/mol. The minimum atomic E-state index is -1.98. The first kappa shape index (κ1) is 23.2. The highest BCUT2D eigenvalue weighted by Crippen LogP contribution is 2.69. The Hall–Kier alpha value is -3.54. The van der Waals surface area contributed by atoms with Gasteiger partial charge in [0, 0.05) is 18.1 Å². The average Bonchev–Trinajstić information content (AvgIpc) is 3.46. The van der Waals surface area contributed by atoms with Crippen molar-refractivity contribution in [3.63, 3.8) is 0 Å². The number of ether oxygens (including phenoxy) is 4. The zero-order valence-electron chi connectivity index (χ0n) is 19.5. The molecule has 2 aliphatic rings. The largest absolute Gasteiger partial charge is 0.497 e. The Morgan fingerprint density at radius 1 is 1.09 bits per heavy atom. The number of hydrogen-bond donors (Lipinski definition) is 4. The van der Waals surface area contributed by atoms with Crippen LogP contribution in [0.1, 0.15) is 29.9 Å². The molecule has 0 bridgehead atoms. The second-order valence-corrected chi connectivity index (χ2v) is 8.64. The van der Waals surface area contributed by atoms with Crippen LogP contribution in [0.15, 0.2) is 40.8 Å². The Morgan fingerprint density at radius 2 is 1.83 bits per heavy atom. The summed E-state index contributed by atoms with van der Waals surface area (Å²) >= 11 is 0. The lowest BCUT2D eigenvalue weighted by Crippen LogP contribution is -2.52. The number of anilines is 1. The van der Waals surface area contributed by atoms with E-state index < -0.39 is 29.1 Å². The highest BCUT2D eigenvalue weighted by atomic mass is 16.5. The Labute approximate surface area is 201 Å². The molecular formula is C24H27N3O8. The molecule has 5 atom stereocenters. The lowest BCUT2D eigenvalue weighted by atomic mass is 9.73. The van der Waals surface area contributed by atoms with E-state index in [1.54, 1.807) is 43.5 Å². The van der Waals surface area contributed by atoms with E-state index in [0.717, 1.165) is 0 Å². The van der Waals surface area contributed by atoms with E-state index in [-0.39, 0.29) is 42.2 Å². The molecule has 0 radical (unpaired) electrons. The van der Waals surface area contributed by atoms with Crippen molar-refractivity contribution >= 4 is 6.01 Å². The van der Waals surface area contributed by atoms with Gasteiger partial charge >= 0.3 is 6.01 Å². The quantitative estimate of drug-likeness (QED) is 0.382. The van der Waals surface area contributed by atoms with Crippen molar-refractivity contribution in [3.8, 4) is 23.0 Å². The zero-order chi connectivity index (χ0) is 25.0. The molecule has 11 nitrogen and oxygen atoms in total. The van der Waals surface area contributed by atoms with Crippen LogP contribution in [0.2, 0.25) is 0 Å². The molecule has 2 heterocycles. The first-order valence-corrected chi connectivity index (χ1v) is 11.1. The maximum Gasteiger partial charge on any atom is 0.312 e. The van der Waals surface area contributed by atoms with Crippen LogP contribution in [0.25, 0.3) is 0 Å². The lowest BCUT2D eigenvalue weighted by Gasteiger charge is -2.39. The van der Waals surface area contributed by atoms with Crippen LogP contribution in [0.3, 0.4) is 0 Å². The van der Waals surface area contributed by atoms with E-state index in [2.05, 4.69) is 10.2 Å². The van der Waals surface area contributed by atoms with Gasteiger partial charge in [0.2, 0.25) is 5.89 Å². The van der Waals surface area contributed by atoms with Gasteiger partial charge in [-0.1, -0.05) is 24.2 Å². The SMILES string of the molecule is COc1ccc([C@@]23Oc4cc(OCCO)cc(OC)c4[C@]2(O)[C@H](O)[C@H](c2nnc(N)o2)[C@H]3C)cc1. The van der Waals surface area contributed by atoms with E-state index in [0.29, 0.717) is 17.1 Å². The summed E-state index contributed by atoms with van der Waals surface area (Å²) in [5.74, 6) is 0.241. The number of nitrogens with zero attached hydrogens (tertiary/aromatic N) is 2. The Bertz CT molecular complexity index is 1230. The van der Waals surface area contributed by atoms with Crippen LogP contribution in [0.4, 0.5) is 6.01 Å². The van der Waals surface area contributed by atoms with E-state index in [1.165, 1.54) is 7.11 Å². The molecule has 5 N–H and O–H groups in total. The third-order valence-electron chi connectivity index (χ3n) is 7.05. The van der Waals surface area contributed by atoms with Gasteiger partial charge in [-0.3, -0.25) is 0 Å². The number of hydrogen-bond acceptors (Lipinski definition) is 11. The normalized spacial score (nSPS) is 28.8. The molecule has 2 aromatic carbocycles. The van der Waals surface area contributed by atoms with E-state index in [1.807, 2.05) is 6.92 Å². The van der Waals surface area contributed by atoms with E-state index >= 15 is 0 Å². The molecule has 1 aliphatic heterocycles. The third kappa shape index (κ3) is 3.08. The molecule has 1 aliphatic carbocycles. The Balaban J connectivity index is 1.75. The fourth-order valence-corrected chi connectivity index (χ4v) is 5.57. The smallest absolute Gasteiger partial charge is 0.312 e. The fraction of sp³-hybridized carbons (Fsp3) is 0.417. The summed E-state index contributed by atoms with van der Waals surface area (Å²) in [6.45, 7) is 1.72. The zero-order valence-corrected chi connectivity index (χ0v) is 19.5. The number of nitrogen functional groups attached to an aromatic ring is 1. The second-order valence-electron chi connectivity index (χ2n) is 8.64. The van der Waals surface area contributed by atoms with E-state index in [9.17, 15) is 10.2 Å². The summed E-state index contributed by atoms with van der Waals surface area (Å²) in [4.78, 5) is 0. The van der Waals surface area contributed by atoms with Crippen LogP contribution in [-0.2, 0) is 11.2 Å². The summed E-state index contributed by atoms with van der Waals surface area (Å²) in [6, 6.07) is 10.1. The molecule has 1 saturated carbocycles. The van der Waals surface area contributed by atoms with Crippen molar-refractivity contribution in [2.45, 2.75) is 30.1 Å². The number of aromatic nitrogens is 2. The van der Waals surface area contributed by atoms with Crippen molar-refractivity contribution in [1.82, 2.24) is 10.2 Å². The van der Waals surface area contributed by atoms with Crippen LogP contribution >= 0.6 is 0 Å². The highest BCUT2D eigenvalue weighted by Gasteiger charge is 2.76. The fourth-order valence-electron chi connectivity index (χ4n) is 5.57. The number of aliphatic hydroxyl groups excluding tert-OH is 2. The highest BCUT2D eigenvalue weighted by molar-refractivity contribution is 5.62. The number of fused-ring (bicyclic) bond motifs is 3. The number of methoxy groups -OCH3 is 2. The molecule has 0 unspecified atom stereocenters. The topological polar surface area (TPSA) is 163 Å². The van der Waals surface area contributed by atoms with Crippen LogP contribution in [0.5, 0.6) is 23.0 Å². The van der Waals surface area contributed by atoms with Gasteiger partial charge in [0.25, 0.3) is 0 Å². The molecule has 186 valence electrons. The number of benzene rings is 2. The summed E-state index contributed by atoms with van der Waals surface area (Å²) in [7, 11) is 3.01. The van der Waals surface area contributed by atoms with Gasteiger partial charge in [-0.15, -0.1) is 5.10 Å². The maximum atomic E-state index is 12.5. The number of nitrogens with two attached hydrogens (primary N) is 1. The van der Waals surface area contributed by atoms with Gasteiger partial charge in [-0.05, 0) is 17.7 Å². The van der Waals surface area contributed by atoms with Gasteiger partial charge in [-0.25, -0.2) is 0 Å². The molecule has 35 heavy (non-hydrogen) atoms. The predicted octanol–water partition coefficient (Wildman–Crippen LogP) is 1.31. The molecule has 3 aromatic rings. The molecule has 1 aromatic heterocycles. The Morgan fingerprint density at radius 3 is 2.43 bits per heavy atom. The average molecular weight is 485 g/mol. The minimum Gasteiger partial charge on any atom is -0.497 e.